The zero-order valence-electron chi connectivity index (χ0n) is 12.5. The van der Waals surface area contributed by atoms with Crippen LogP contribution in [0.25, 0.3) is 6.08 Å². The van der Waals surface area contributed by atoms with Gasteiger partial charge in [0.05, 0.1) is 0 Å². The van der Waals surface area contributed by atoms with Crippen molar-refractivity contribution in [1.82, 2.24) is 9.80 Å². The monoisotopic (exact) mass is 272 g/mol. The number of benzene rings is 1. The molecule has 0 N–H and O–H groups in total. The normalized spacial score (nSPS) is 16.8. The second-order valence-corrected chi connectivity index (χ2v) is 5.36. The minimum atomic E-state index is 0.129. The maximum atomic E-state index is 12.2. The molecule has 0 spiro atoms. The van der Waals surface area contributed by atoms with Gasteiger partial charge in [-0.15, -0.1) is 0 Å². The summed E-state index contributed by atoms with van der Waals surface area (Å²) < 4.78 is 0. The molecule has 1 aromatic carbocycles. The van der Waals surface area contributed by atoms with Crippen molar-refractivity contribution >= 4 is 12.0 Å². The molecule has 0 atom stereocenters. The average molecular weight is 272 g/mol. The molecular weight excluding hydrogens is 248 g/mol. The Morgan fingerprint density at radius 1 is 1.20 bits per heavy atom. The van der Waals surface area contributed by atoms with Crippen LogP contribution in [0.2, 0.25) is 0 Å². The van der Waals surface area contributed by atoms with Crippen molar-refractivity contribution in [1.29, 1.82) is 0 Å². The molecular formula is C17H24N2O. The molecule has 0 radical (unpaired) electrons. The predicted octanol–water partition coefficient (Wildman–Crippen LogP) is 2.56. The quantitative estimate of drug-likeness (QED) is 0.787. The molecule has 20 heavy (non-hydrogen) atoms. The van der Waals surface area contributed by atoms with Crippen molar-refractivity contribution in [3.63, 3.8) is 0 Å². The fourth-order valence-corrected chi connectivity index (χ4v) is 2.55. The first-order valence-corrected chi connectivity index (χ1v) is 7.45. The number of carbonyl (C=O) groups excluding carboxylic acids is 1. The molecule has 108 valence electrons. The molecule has 1 saturated heterocycles. The van der Waals surface area contributed by atoms with Gasteiger partial charge in [0.25, 0.3) is 0 Å². The average Bonchev–Trinajstić information content (AvgIpc) is 2.47. The van der Waals surface area contributed by atoms with E-state index in [0.29, 0.717) is 0 Å². The summed E-state index contributed by atoms with van der Waals surface area (Å²) in [6, 6.07) is 8.12. The van der Waals surface area contributed by atoms with E-state index in [1.54, 1.807) is 6.08 Å². The lowest BCUT2D eigenvalue weighted by Crippen LogP contribution is -2.48. The van der Waals surface area contributed by atoms with Gasteiger partial charge in [0, 0.05) is 32.3 Å². The molecule has 0 saturated carbocycles. The Hall–Kier alpha value is -1.61. The molecule has 1 fully saturated rings. The topological polar surface area (TPSA) is 23.6 Å². The van der Waals surface area contributed by atoms with E-state index < -0.39 is 0 Å². The number of hydrogen-bond donors (Lipinski definition) is 0. The van der Waals surface area contributed by atoms with E-state index in [2.05, 4.69) is 24.8 Å². The standard InChI is InChI=1S/C17H24N2O/c1-3-10-18-11-13-19(14-12-18)17(20)9-8-16-7-5-4-6-15(16)2/h4-9H,3,10-14H2,1-2H3/b9-8+. The minimum Gasteiger partial charge on any atom is -0.337 e. The van der Waals surface area contributed by atoms with Crippen LogP contribution in [0, 0.1) is 6.92 Å². The summed E-state index contributed by atoms with van der Waals surface area (Å²) in [5.41, 5.74) is 2.31. The van der Waals surface area contributed by atoms with Crippen molar-refractivity contribution in [3.8, 4) is 0 Å². The zero-order valence-corrected chi connectivity index (χ0v) is 12.5. The first kappa shape index (κ1) is 14.8. The Balaban J connectivity index is 1.88. The maximum Gasteiger partial charge on any atom is 0.246 e. The number of nitrogens with zero attached hydrogens (tertiary/aromatic N) is 2. The molecule has 1 amide bonds. The summed E-state index contributed by atoms with van der Waals surface area (Å²) in [6.07, 6.45) is 4.81. The number of aryl methyl sites for hydroxylation is 1. The smallest absolute Gasteiger partial charge is 0.246 e. The number of hydrogen-bond acceptors (Lipinski definition) is 2. The summed E-state index contributed by atoms with van der Waals surface area (Å²) in [5.74, 6) is 0.129. The van der Waals surface area contributed by atoms with Gasteiger partial charge in [-0.2, -0.15) is 0 Å². The fourth-order valence-electron chi connectivity index (χ4n) is 2.55. The minimum absolute atomic E-state index is 0.129. The highest BCUT2D eigenvalue weighted by Crippen LogP contribution is 2.10. The highest BCUT2D eigenvalue weighted by atomic mass is 16.2. The molecule has 3 nitrogen and oxygen atoms in total. The summed E-state index contributed by atoms with van der Waals surface area (Å²) in [5, 5.41) is 0. The lowest BCUT2D eigenvalue weighted by Gasteiger charge is -2.34. The summed E-state index contributed by atoms with van der Waals surface area (Å²) in [4.78, 5) is 16.5. The van der Waals surface area contributed by atoms with Crippen LogP contribution in [-0.2, 0) is 4.79 Å². The van der Waals surface area contributed by atoms with E-state index in [0.717, 1.165) is 38.3 Å². The molecule has 1 aliphatic rings. The van der Waals surface area contributed by atoms with Gasteiger partial charge in [0.1, 0.15) is 0 Å². The van der Waals surface area contributed by atoms with Gasteiger partial charge in [0.15, 0.2) is 0 Å². The Morgan fingerprint density at radius 2 is 1.90 bits per heavy atom. The van der Waals surface area contributed by atoms with E-state index >= 15 is 0 Å². The second-order valence-electron chi connectivity index (χ2n) is 5.36. The number of amides is 1. The van der Waals surface area contributed by atoms with Gasteiger partial charge in [-0.1, -0.05) is 31.2 Å². The lowest BCUT2D eigenvalue weighted by atomic mass is 10.1. The van der Waals surface area contributed by atoms with Crippen LogP contribution in [0.5, 0.6) is 0 Å². The summed E-state index contributed by atoms with van der Waals surface area (Å²) in [6.45, 7) is 9.08. The molecule has 0 bridgehead atoms. The Kier molecular flexibility index (Phi) is 5.36. The molecule has 1 aliphatic heterocycles. The van der Waals surface area contributed by atoms with Gasteiger partial charge >= 0.3 is 0 Å². The molecule has 3 heteroatoms. The van der Waals surface area contributed by atoms with Crippen LogP contribution in [0.1, 0.15) is 24.5 Å². The third-order valence-corrected chi connectivity index (χ3v) is 3.82. The molecule has 2 rings (SSSR count). The molecule has 0 aliphatic carbocycles. The highest BCUT2D eigenvalue weighted by Gasteiger charge is 2.18. The lowest BCUT2D eigenvalue weighted by molar-refractivity contribution is -0.127. The third kappa shape index (κ3) is 3.94. The van der Waals surface area contributed by atoms with E-state index in [1.807, 2.05) is 29.2 Å². The highest BCUT2D eigenvalue weighted by molar-refractivity contribution is 5.92. The maximum absolute atomic E-state index is 12.2. The first-order valence-electron chi connectivity index (χ1n) is 7.45. The van der Waals surface area contributed by atoms with Crippen molar-refractivity contribution in [2.24, 2.45) is 0 Å². The van der Waals surface area contributed by atoms with Crippen LogP contribution < -0.4 is 0 Å². The molecule has 0 unspecified atom stereocenters. The van der Waals surface area contributed by atoms with Gasteiger partial charge in [0.2, 0.25) is 5.91 Å². The van der Waals surface area contributed by atoms with Crippen molar-refractivity contribution in [3.05, 3.63) is 41.5 Å². The largest absolute Gasteiger partial charge is 0.337 e. The summed E-state index contributed by atoms with van der Waals surface area (Å²) in [7, 11) is 0. The Morgan fingerprint density at radius 3 is 2.55 bits per heavy atom. The molecule has 1 aromatic rings. The van der Waals surface area contributed by atoms with Gasteiger partial charge < -0.3 is 4.90 Å². The van der Waals surface area contributed by atoms with E-state index in [1.165, 1.54) is 12.0 Å². The van der Waals surface area contributed by atoms with Crippen LogP contribution in [-0.4, -0.2) is 48.4 Å². The predicted molar refractivity (Wildman–Crippen MR) is 83.5 cm³/mol. The second kappa shape index (κ2) is 7.25. The van der Waals surface area contributed by atoms with Gasteiger partial charge in [-0.05, 0) is 37.1 Å². The zero-order chi connectivity index (χ0) is 14.4. The van der Waals surface area contributed by atoms with Crippen molar-refractivity contribution < 1.29 is 4.79 Å². The van der Waals surface area contributed by atoms with Crippen molar-refractivity contribution in [2.45, 2.75) is 20.3 Å². The fraction of sp³-hybridized carbons (Fsp3) is 0.471. The summed E-state index contributed by atoms with van der Waals surface area (Å²) >= 11 is 0. The van der Waals surface area contributed by atoms with Crippen LogP contribution in [0.4, 0.5) is 0 Å². The Bertz CT molecular complexity index is 474. The number of piperazine rings is 1. The Labute approximate surface area is 121 Å². The van der Waals surface area contributed by atoms with Crippen LogP contribution in [0.15, 0.2) is 30.3 Å². The first-order chi connectivity index (χ1) is 9.70. The van der Waals surface area contributed by atoms with Gasteiger partial charge in [-0.25, -0.2) is 0 Å². The SMILES string of the molecule is CCCN1CCN(C(=O)/C=C/c2ccccc2C)CC1. The van der Waals surface area contributed by atoms with E-state index in [-0.39, 0.29) is 5.91 Å². The van der Waals surface area contributed by atoms with Crippen molar-refractivity contribution in [2.75, 3.05) is 32.7 Å². The van der Waals surface area contributed by atoms with E-state index in [4.69, 9.17) is 0 Å². The van der Waals surface area contributed by atoms with E-state index in [9.17, 15) is 4.79 Å². The third-order valence-electron chi connectivity index (χ3n) is 3.82. The number of carbonyl (C=O) groups is 1. The van der Waals surface area contributed by atoms with Crippen LogP contribution >= 0.6 is 0 Å². The molecule has 0 aromatic heterocycles. The molecule has 1 heterocycles. The van der Waals surface area contributed by atoms with Gasteiger partial charge in [-0.3, -0.25) is 9.69 Å². The number of rotatable bonds is 4. The van der Waals surface area contributed by atoms with Crippen LogP contribution in [0.3, 0.4) is 0 Å².